The molecule has 1 saturated heterocycles. The molecule has 2 atom stereocenters. The van der Waals surface area contributed by atoms with E-state index in [-0.39, 0.29) is 22.7 Å². The average Bonchev–Trinajstić information content (AvgIpc) is 3.39. The van der Waals surface area contributed by atoms with E-state index in [1.54, 1.807) is 18.3 Å². The van der Waals surface area contributed by atoms with Crippen LogP contribution in [0.2, 0.25) is 0 Å². The van der Waals surface area contributed by atoms with Gasteiger partial charge in [0.1, 0.15) is 11.4 Å². The lowest BCUT2D eigenvalue weighted by Gasteiger charge is -2.28. The largest absolute Gasteiger partial charge is 0.496 e. The van der Waals surface area contributed by atoms with Crippen LogP contribution in [0, 0.1) is 24.0 Å². The van der Waals surface area contributed by atoms with Crippen LogP contribution in [0.15, 0.2) is 79.0 Å². The zero-order valence-electron chi connectivity index (χ0n) is 20.1. The molecule has 0 bridgehead atoms. The SMILES string of the molecule is COc1ccc(-n2c(C)cc(C3C(c4ccccn4)NC(=S)N3c3ccccc3)c2C)c([N+](=O)[O-])c1. The van der Waals surface area contributed by atoms with Gasteiger partial charge in [0, 0.05) is 23.3 Å². The average molecular weight is 500 g/mol. The number of rotatable bonds is 6. The minimum absolute atomic E-state index is 0.0241. The standard InChI is InChI=1S/C27H25N5O3S/c1-17-15-21(18(2)30(17)23-13-12-20(35-3)16-24(23)32(33)34)26-25(22-11-7-8-14-28-22)29-27(36)31(26)19-9-5-4-6-10-19/h4-16,25-26H,1-3H3,(H,29,36). The Morgan fingerprint density at radius 3 is 2.47 bits per heavy atom. The predicted octanol–water partition coefficient (Wildman–Crippen LogP) is 5.58. The number of pyridine rings is 1. The van der Waals surface area contributed by atoms with E-state index in [4.69, 9.17) is 17.0 Å². The van der Waals surface area contributed by atoms with Crippen molar-refractivity contribution in [2.45, 2.75) is 25.9 Å². The molecule has 2 aromatic carbocycles. The predicted molar refractivity (Wildman–Crippen MR) is 143 cm³/mol. The number of nitrogens with one attached hydrogen (secondary N) is 1. The van der Waals surface area contributed by atoms with Crippen LogP contribution < -0.4 is 15.0 Å². The number of anilines is 1. The molecule has 182 valence electrons. The topological polar surface area (TPSA) is 85.5 Å². The van der Waals surface area contributed by atoms with Gasteiger partial charge in [-0.1, -0.05) is 24.3 Å². The van der Waals surface area contributed by atoms with Crippen molar-refractivity contribution in [1.29, 1.82) is 0 Å². The number of aryl methyl sites for hydroxylation is 1. The van der Waals surface area contributed by atoms with Crippen molar-refractivity contribution < 1.29 is 9.66 Å². The highest BCUT2D eigenvalue weighted by Gasteiger charge is 2.42. The van der Waals surface area contributed by atoms with Gasteiger partial charge in [0.2, 0.25) is 0 Å². The first-order valence-corrected chi connectivity index (χ1v) is 11.9. The molecule has 5 rings (SSSR count). The van der Waals surface area contributed by atoms with E-state index in [0.717, 1.165) is 28.3 Å². The third kappa shape index (κ3) is 3.97. The molecule has 0 aliphatic carbocycles. The second-order valence-corrected chi connectivity index (χ2v) is 8.99. The summed E-state index contributed by atoms with van der Waals surface area (Å²) in [5.41, 5.74) is 5.05. The monoisotopic (exact) mass is 499 g/mol. The zero-order chi connectivity index (χ0) is 25.4. The summed E-state index contributed by atoms with van der Waals surface area (Å²) in [5, 5.41) is 16.0. The van der Waals surface area contributed by atoms with Crippen LogP contribution >= 0.6 is 12.2 Å². The van der Waals surface area contributed by atoms with Crippen LogP contribution in [0.5, 0.6) is 5.75 Å². The molecule has 0 radical (unpaired) electrons. The normalized spacial score (nSPS) is 17.2. The lowest BCUT2D eigenvalue weighted by Crippen LogP contribution is -2.29. The van der Waals surface area contributed by atoms with Gasteiger partial charge in [0.25, 0.3) is 5.69 Å². The Morgan fingerprint density at radius 2 is 1.81 bits per heavy atom. The number of para-hydroxylation sites is 1. The van der Waals surface area contributed by atoms with Crippen molar-refractivity contribution in [3.05, 3.63) is 112 Å². The van der Waals surface area contributed by atoms with E-state index in [2.05, 4.69) is 21.3 Å². The summed E-state index contributed by atoms with van der Waals surface area (Å²) in [4.78, 5) is 18.3. The summed E-state index contributed by atoms with van der Waals surface area (Å²) in [6, 6.07) is 22.4. The van der Waals surface area contributed by atoms with Crippen LogP contribution in [0.4, 0.5) is 11.4 Å². The molecule has 0 amide bonds. The molecule has 2 aromatic heterocycles. The molecule has 36 heavy (non-hydrogen) atoms. The number of ether oxygens (including phenoxy) is 1. The summed E-state index contributed by atoms with van der Waals surface area (Å²) in [6.07, 6.45) is 1.77. The fraction of sp³-hybridized carbons (Fsp3) is 0.185. The Morgan fingerprint density at radius 1 is 1.06 bits per heavy atom. The lowest BCUT2D eigenvalue weighted by atomic mass is 9.96. The van der Waals surface area contributed by atoms with E-state index in [9.17, 15) is 10.1 Å². The second-order valence-electron chi connectivity index (χ2n) is 8.61. The van der Waals surface area contributed by atoms with Crippen molar-refractivity contribution in [3.8, 4) is 11.4 Å². The molecule has 3 heterocycles. The van der Waals surface area contributed by atoms with Crippen molar-refractivity contribution >= 4 is 28.7 Å². The third-order valence-corrected chi connectivity index (χ3v) is 6.86. The Bertz CT molecular complexity index is 1440. The highest BCUT2D eigenvalue weighted by atomic mass is 32.1. The maximum atomic E-state index is 12.0. The quantitative estimate of drug-likeness (QED) is 0.210. The molecule has 1 fully saturated rings. The number of hydrogen-bond acceptors (Lipinski definition) is 5. The molecule has 0 spiro atoms. The van der Waals surface area contributed by atoms with Gasteiger partial charge in [-0.3, -0.25) is 15.1 Å². The number of nitrogens with zero attached hydrogens (tertiary/aromatic N) is 4. The van der Waals surface area contributed by atoms with Crippen molar-refractivity contribution in [1.82, 2.24) is 14.9 Å². The van der Waals surface area contributed by atoms with Gasteiger partial charge in [-0.15, -0.1) is 0 Å². The molecule has 8 nitrogen and oxygen atoms in total. The smallest absolute Gasteiger partial charge is 0.296 e. The molecule has 1 aliphatic heterocycles. The first-order chi connectivity index (χ1) is 17.4. The van der Waals surface area contributed by atoms with Gasteiger partial charge >= 0.3 is 0 Å². The van der Waals surface area contributed by atoms with E-state index in [1.165, 1.54) is 13.2 Å². The minimum Gasteiger partial charge on any atom is -0.496 e. The van der Waals surface area contributed by atoms with Crippen LogP contribution in [0.1, 0.15) is 34.7 Å². The maximum Gasteiger partial charge on any atom is 0.296 e. The third-order valence-electron chi connectivity index (χ3n) is 6.54. The summed E-state index contributed by atoms with van der Waals surface area (Å²) >= 11 is 5.81. The number of hydrogen-bond donors (Lipinski definition) is 1. The Kier molecular flexibility index (Phi) is 6.15. The van der Waals surface area contributed by atoms with Gasteiger partial charge in [-0.2, -0.15) is 0 Å². The molecular weight excluding hydrogens is 474 g/mol. The molecule has 1 aliphatic rings. The maximum absolute atomic E-state index is 12.0. The fourth-order valence-corrected chi connectivity index (χ4v) is 5.31. The van der Waals surface area contributed by atoms with Crippen LogP contribution in [0.25, 0.3) is 5.69 Å². The summed E-state index contributed by atoms with van der Waals surface area (Å²) in [6.45, 7) is 3.93. The van der Waals surface area contributed by atoms with Gasteiger partial charge < -0.3 is 19.5 Å². The van der Waals surface area contributed by atoms with E-state index in [0.29, 0.717) is 16.5 Å². The zero-order valence-corrected chi connectivity index (χ0v) is 20.9. The first-order valence-electron chi connectivity index (χ1n) is 11.5. The highest BCUT2D eigenvalue weighted by molar-refractivity contribution is 7.80. The lowest BCUT2D eigenvalue weighted by molar-refractivity contribution is -0.384. The number of nitro benzene ring substituents is 1. The summed E-state index contributed by atoms with van der Waals surface area (Å²) < 4.78 is 7.15. The highest BCUT2D eigenvalue weighted by Crippen LogP contribution is 2.44. The van der Waals surface area contributed by atoms with Gasteiger partial charge in [-0.05, 0) is 74.1 Å². The van der Waals surface area contributed by atoms with Crippen LogP contribution in [-0.4, -0.2) is 26.7 Å². The molecular formula is C27H25N5O3S. The number of benzene rings is 2. The Balaban J connectivity index is 1.70. The summed E-state index contributed by atoms with van der Waals surface area (Å²) in [5.74, 6) is 0.434. The number of aromatic nitrogens is 2. The van der Waals surface area contributed by atoms with Gasteiger partial charge in [-0.25, -0.2) is 0 Å². The van der Waals surface area contributed by atoms with E-state index in [1.807, 2.05) is 66.9 Å². The minimum atomic E-state index is -0.379. The van der Waals surface area contributed by atoms with Crippen LogP contribution in [0.3, 0.4) is 0 Å². The summed E-state index contributed by atoms with van der Waals surface area (Å²) in [7, 11) is 1.49. The fourth-order valence-electron chi connectivity index (χ4n) is 4.96. The van der Waals surface area contributed by atoms with Crippen molar-refractivity contribution in [3.63, 3.8) is 0 Å². The van der Waals surface area contributed by atoms with Crippen molar-refractivity contribution in [2.75, 3.05) is 12.0 Å². The Labute approximate surface area is 214 Å². The molecule has 1 N–H and O–H groups in total. The molecule has 2 unspecified atom stereocenters. The number of thiocarbonyl (C=S) groups is 1. The van der Waals surface area contributed by atoms with E-state index >= 15 is 0 Å². The molecule has 4 aromatic rings. The molecule has 9 heteroatoms. The first kappa shape index (κ1) is 23.5. The number of methoxy groups -OCH3 is 1. The number of nitro groups is 1. The van der Waals surface area contributed by atoms with Gasteiger partial charge in [0.15, 0.2) is 5.11 Å². The van der Waals surface area contributed by atoms with Crippen LogP contribution in [-0.2, 0) is 0 Å². The van der Waals surface area contributed by atoms with Crippen molar-refractivity contribution in [2.24, 2.45) is 0 Å². The van der Waals surface area contributed by atoms with E-state index < -0.39 is 0 Å². The molecule has 0 saturated carbocycles. The second kappa shape index (κ2) is 9.43. The Hall–Kier alpha value is -4.24. The van der Waals surface area contributed by atoms with Gasteiger partial charge in [0.05, 0.1) is 35.9 Å².